The van der Waals surface area contributed by atoms with Crippen LogP contribution in [-0.4, -0.2) is 12.6 Å². The molecule has 2 nitrogen and oxygen atoms in total. The molecule has 0 amide bonds. The fourth-order valence-electron chi connectivity index (χ4n) is 2.27. The molecular formula is C16H28O2. The molecule has 0 saturated heterocycles. The van der Waals surface area contributed by atoms with Gasteiger partial charge in [-0.3, -0.25) is 4.79 Å². The topological polar surface area (TPSA) is 26.3 Å². The summed E-state index contributed by atoms with van der Waals surface area (Å²) in [7, 11) is 0. The third-order valence-electron chi connectivity index (χ3n) is 3.47. The molecule has 1 aliphatic heterocycles. The molecular weight excluding hydrogens is 224 g/mol. The molecule has 0 bridgehead atoms. The molecule has 0 aliphatic carbocycles. The summed E-state index contributed by atoms with van der Waals surface area (Å²) in [5, 5.41) is 0. The summed E-state index contributed by atoms with van der Waals surface area (Å²) < 4.78 is 5.26. The molecule has 0 fully saturated rings. The maximum atomic E-state index is 11.5. The number of rotatable bonds is 0. The number of hydrogen-bond acceptors (Lipinski definition) is 2. The van der Waals surface area contributed by atoms with Crippen LogP contribution < -0.4 is 0 Å². The van der Waals surface area contributed by atoms with E-state index in [0.717, 1.165) is 12.8 Å². The van der Waals surface area contributed by atoms with E-state index in [9.17, 15) is 4.79 Å². The summed E-state index contributed by atoms with van der Waals surface area (Å²) in [6.45, 7) is 2.64. The number of carbonyl (C=O) groups is 1. The lowest BCUT2D eigenvalue weighted by Crippen LogP contribution is -2.10. The Bertz CT molecular complexity index is 245. The minimum absolute atomic E-state index is 0.0256. The number of esters is 1. The third kappa shape index (κ3) is 8.32. The highest BCUT2D eigenvalue weighted by atomic mass is 16.5. The zero-order valence-corrected chi connectivity index (χ0v) is 11.8. The van der Waals surface area contributed by atoms with Crippen molar-refractivity contribution in [2.75, 3.05) is 6.61 Å². The van der Waals surface area contributed by atoms with Crippen molar-refractivity contribution in [2.24, 2.45) is 5.92 Å². The average molecular weight is 252 g/mol. The SMILES string of the molecule is CC1/C=C/CCCCCCCCCCC(=O)OC1. The largest absolute Gasteiger partial charge is 0.465 e. The summed E-state index contributed by atoms with van der Waals surface area (Å²) >= 11 is 0. The molecule has 0 aromatic carbocycles. The second-order valence-electron chi connectivity index (χ2n) is 5.46. The van der Waals surface area contributed by atoms with Gasteiger partial charge < -0.3 is 4.74 Å². The lowest BCUT2D eigenvalue weighted by molar-refractivity contribution is -0.144. The van der Waals surface area contributed by atoms with E-state index in [-0.39, 0.29) is 5.97 Å². The van der Waals surface area contributed by atoms with Crippen LogP contribution in [0.5, 0.6) is 0 Å². The quantitative estimate of drug-likeness (QED) is 0.464. The Morgan fingerprint density at radius 2 is 1.61 bits per heavy atom. The first-order valence-corrected chi connectivity index (χ1v) is 7.61. The van der Waals surface area contributed by atoms with Gasteiger partial charge in [0.2, 0.25) is 0 Å². The molecule has 1 heterocycles. The Balaban J connectivity index is 2.29. The molecule has 1 unspecified atom stereocenters. The Morgan fingerprint density at radius 3 is 2.33 bits per heavy atom. The van der Waals surface area contributed by atoms with Crippen LogP contribution >= 0.6 is 0 Å². The van der Waals surface area contributed by atoms with Gasteiger partial charge in [0.1, 0.15) is 0 Å². The highest BCUT2D eigenvalue weighted by molar-refractivity contribution is 5.69. The fourth-order valence-corrected chi connectivity index (χ4v) is 2.27. The molecule has 0 aromatic rings. The van der Waals surface area contributed by atoms with Crippen LogP contribution in [0.4, 0.5) is 0 Å². The second-order valence-corrected chi connectivity index (χ2v) is 5.46. The van der Waals surface area contributed by atoms with Crippen molar-refractivity contribution in [1.82, 2.24) is 0 Å². The molecule has 0 N–H and O–H groups in total. The smallest absolute Gasteiger partial charge is 0.305 e. The predicted octanol–water partition coefficient (Wildman–Crippen LogP) is 4.64. The molecule has 1 atom stereocenters. The first-order chi connectivity index (χ1) is 8.79. The van der Waals surface area contributed by atoms with Crippen LogP contribution in [0.1, 0.15) is 71.1 Å². The molecule has 1 rings (SSSR count). The van der Waals surface area contributed by atoms with E-state index in [2.05, 4.69) is 19.1 Å². The highest BCUT2D eigenvalue weighted by Gasteiger charge is 2.05. The van der Waals surface area contributed by atoms with Crippen LogP contribution in [0, 0.1) is 5.92 Å². The first kappa shape index (κ1) is 15.3. The van der Waals surface area contributed by atoms with Crippen molar-refractivity contribution in [1.29, 1.82) is 0 Å². The summed E-state index contributed by atoms with van der Waals surface area (Å²) in [5.74, 6) is 0.323. The van der Waals surface area contributed by atoms with Gasteiger partial charge in [0, 0.05) is 12.3 Å². The number of carbonyl (C=O) groups excluding carboxylic acids is 1. The minimum atomic E-state index is -0.0256. The Labute approximate surface area is 112 Å². The lowest BCUT2D eigenvalue weighted by Gasteiger charge is -2.09. The van der Waals surface area contributed by atoms with E-state index in [1.807, 2.05) is 0 Å². The van der Waals surface area contributed by atoms with E-state index < -0.39 is 0 Å². The van der Waals surface area contributed by atoms with Crippen LogP contribution in [-0.2, 0) is 9.53 Å². The lowest BCUT2D eigenvalue weighted by atomic mass is 10.1. The maximum absolute atomic E-state index is 11.5. The third-order valence-corrected chi connectivity index (χ3v) is 3.47. The molecule has 0 radical (unpaired) electrons. The Kier molecular flexibility index (Phi) is 8.62. The van der Waals surface area contributed by atoms with Crippen molar-refractivity contribution in [3.05, 3.63) is 12.2 Å². The Morgan fingerprint density at radius 1 is 1.00 bits per heavy atom. The number of allylic oxidation sites excluding steroid dienone is 1. The predicted molar refractivity (Wildman–Crippen MR) is 75.4 cm³/mol. The number of hydrogen-bond donors (Lipinski definition) is 0. The monoisotopic (exact) mass is 252 g/mol. The van der Waals surface area contributed by atoms with Gasteiger partial charge >= 0.3 is 5.97 Å². The fraction of sp³-hybridized carbons (Fsp3) is 0.812. The minimum Gasteiger partial charge on any atom is -0.465 e. The second kappa shape index (κ2) is 10.2. The van der Waals surface area contributed by atoms with E-state index in [1.54, 1.807) is 0 Å². The average Bonchev–Trinajstić information content (AvgIpc) is 2.36. The van der Waals surface area contributed by atoms with E-state index >= 15 is 0 Å². The van der Waals surface area contributed by atoms with E-state index in [4.69, 9.17) is 4.74 Å². The Hall–Kier alpha value is -0.790. The van der Waals surface area contributed by atoms with Gasteiger partial charge in [0.25, 0.3) is 0 Å². The van der Waals surface area contributed by atoms with Gasteiger partial charge in [-0.05, 0) is 19.3 Å². The summed E-state index contributed by atoms with van der Waals surface area (Å²) in [6.07, 6.45) is 16.3. The van der Waals surface area contributed by atoms with Gasteiger partial charge in [-0.15, -0.1) is 0 Å². The summed E-state index contributed by atoms with van der Waals surface area (Å²) in [6, 6.07) is 0. The zero-order chi connectivity index (χ0) is 13.1. The van der Waals surface area contributed by atoms with Crippen LogP contribution in [0.15, 0.2) is 12.2 Å². The van der Waals surface area contributed by atoms with Gasteiger partial charge in [0.05, 0.1) is 6.61 Å². The standard InChI is InChI=1S/C16H28O2/c1-15-12-10-8-6-4-2-3-5-7-9-11-13-16(17)18-14-15/h10,12,15H,2-9,11,13-14H2,1H3/b12-10+. The van der Waals surface area contributed by atoms with Gasteiger partial charge in [0.15, 0.2) is 0 Å². The molecule has 1 aliphatic rings. The van der Waals surface area contributed by atoms with E-state index in [0.29, 0.717) is 18.9 Å². The van der Waals surface area contributed by atoms with Crippen molar-refractivity contribution in [3.8, 4) is 0 Å². The number of ether oxygens (including phenoxy) is 1. The normalized spacial score (nSPS) is 27.4. The van der Waals surface area contributed by atoms with Crippen LogP contribution in [0.3, 0.4) is 0 Å². The van der Waals surface area contributed by atoms with Gasteiger partial charge in [-0.2, -0.15) is 0 Å². The van der Waals surface area contributed by atoms with Crippen molar-refractivity contribution < 1.29 is 9.53 Å². The van der Waals surface area contributed by atoms with E-state index in [1.165, 1.54) is 44.9 Å². The molecule has 104 valence electrons. The zero-order valence-electron chi connectivity index (χ0n) is 11.8. The number of cyclic esters (lactones) is 1. The van der Waals surface area contributed by atoms with Gasteiger partial charge in [-0.1, -0.05) is 57.6 Å². The molecule has 0 spiro atoms. The molecule has 0 saturated carbocycles. The highest BCUT2D eigenvalue weighted by Crippen LogP contribution is 2.12. The van der Waals surface area contributed by atoms with Crippen molar-refractivity contribution in [3.63, 3.8) is 0 Å². The van der Waals surface area contributed by atoms with Crippen LogP contribution in [0.25, 0.3) is 0 Å². The maximum Gasteiger partial charge on any atom is 0.305 e. The molecule has 2 heteroatoms. The summed E-state index contributed by atoms with van der Waals surface area (Å²) in [5.41, 5.74) is 0. The van der Waals surface area contributed by atoms with Crippen LogP contribution in [0.2, 0.25) is 0 Å². The van der Waals surface area contributed by atoms with Crippen molar-refractivity contribution >= 4 is 5.97 Å². The molecule has 0 aromatic heterocycles. The van der Waals surface area contributed by atoms with Crippen molar-refractivity contribution in [2.45, 2.75) is 71.1 Å². The summed E-state index contributed by atoms with van der Waals surface area (Å²) in [4.78, 5) is 11.5. The molecule has 18 heavy (non-hydrogen) atoms. The first-order valence-electron chi connectivity index (χ1n) is 7.61. The van der Waals surface area contributed by atoms with Gasteiger partial charge in [-0.25, -0.2) is 0 Å².